The molecule has 0 amide bonds. The van der Waals surface area contributed by atoms with Crippen LogP contribution in [0.3, 0.4) is 0 Å². The Morgan fingerprint density at radius 3 is 1.17 bits per heavy atom. The number of hydrogen-bond acceptors (Lipinski definition) is 1. The Kier molecular flexibility index (Phi) is 5.13. The number of alkyl halides is 6. The zero-order valence-corrected chi connectivity index (χ0v) is 17.9. The summed E-state index contributed by atoms with van der Waals surface area (Å²) in [4.78, 5) is 11.8. The lowest BCUT2D eigenvalue weighted by Gasteiger charge is -2.34. The first-order chi connectivity index (χ1) is 16.6. The smallest absolute Gasteiger partial charge is 0.287 e. The Hall–Kier alpha value is -3.87. The van der Waals surface area contributed by atoms with Crippen LogP contribution in [0.4, 0.5) is 26.3 Å². The molecule has 176 valence electrons. The van der Waals surface area contributed by atoms with Gasteiger partial charge in [-0.25, -0.2) is 0 Å². The Labute approximate surface area is 196 Å². The quantitative estimate of drug-likeness (QED) is 0.231. The molecule has 0 aliphatic heterocycles. The van der Waals surface area contributed by atoms with Gasteiger partial charge in [0.1, 0.15) is 0 Å². The van der Waals surface area contributed by atoms with Gasteiger partial charge in [0.05, 0.1) is 0 Å². The van der Waals surface area contributed by atoms with Crippen molar-refractivity contribution in [1.29, 1.82) is 0 Å². The predicted molar refractivity (Wildman–Crippen MR) is 120 cm³/mol. The van der Waals surface area contributed by atoms with Gasteiger partial charge in [0, 0.05) is 22.3 Å². The third-order valence-corrected chi connectivity index (χ3v) is 6.23. The van der Waals surface area contributed by atoms with E-state index in [-0.39, 0.29) is 22.3 Å². The number of ketones is 1. The highest BCUT2D eigenvalue weighted by Gasteiger charge is 2.62. The maximum Gasteiger partial charge on any atom is 0.340 e. The van der Waals surface area contributed by atoms with Crippen molar-refractivity contribution in [2.24, 2.45) is 0 Å². The maximum absolute atomic E-state index is 13.9. The minimum Gasteiger partial charge on any atom is -0.287 e. The van der Waals surface area contributed by atoms with Crippen molar-refractivity contribution in [2.45, 2.75) is 17.8 Å². The fourth-order valence-electron chi connectivity index (χ4n) is 4.52. The molecule has 0 spiro atoms. The summed E-state index contributed by atoms with van der Waals surface area (Å²) in [5.41, 5.74) is 0.0158. The second-order valence-corrected chi connectivity index (χ2v) is 8.23. The van der Waals surface area contributed by atoms with Gasteiger partial charge in [0.2, 0.25) is 5.78 Å². The first-order valence-electron chi connectivity index (χ1n) is 10.6. The molecule has 6 rings (SSSR count). The van der Waals surface area contributed by atoms with E-state index in [2.05, 4.69) is 0 Å². The van der Waals surface area contributed by atoms with E-state index < -0.39 is 34.7 Å². The fourth-order valence-corrected chi connectivity index (χ4v) is 4.52. The Morgan fingerprint density at radius 1 is 0.400 bits per heavy atom. The number of hydrogen-bond donors (Lipinski definition) is 0. The molecule has 0 heterocycles. The summed E-state index contributed by atoms with van der Waals surface area (Å²) in [7, 11) is 0. The molecule has 1 nitrogen and oxygen atoms in total. The first-order valence-corrected chi connectivity index (χ1v) is 10.6. The molecule has 0 atom stereocenters. The standard InChI is InChI=1S/C14H8F4.C14H8F2O/c15-13(16)11-7-3-1-5-9(11)10-6-2-4-8-12(10)14(13,17)18;15-14(16)12-8-4-3-6-10(12)9-5-1-2-7-11(9)13(14)17/h1-8H;1-8H. The third-order valence-electron chi connectivity index (χ3n) is 6.23. The molecule has 0 fully saturated rings. The van der Waals surface area contributed by atoms with E-state index in [9.17, 15) is 31.1 Å². The second-order valence-electron chi connectivity index (χ2n) is 8.23. The van der Waals surface area contributed by atoms with Gasteiger partial charge in [0.15, 0.2) is 0 Å². The van der Waals surface area contributed by atoms with Crippen LogP contribution in [0.5, 0.6) is 0 Å². The van der Waals surface area contributed by atoms with E-state index in [1.165, 1.54) is 42.5 Å². The van der Waals surface area contributed by atoms with Crippen molar-refractivity contribution in [2.75, 3.05) is 0 Å². The highest BCUT2D eigenvalue weighted by atomic mass is 19.3. The summed E-state index contributed by atoms with van der Waals surface area (Å²) < 4.78 is 83.5. The number of carbonyl (C=O) groups excluding carboxylic acids is 1. The molecule has 4 aromatic carbocycles. The largest absolute Gasteiger partial charge is 0.340 e. The molecule has 0 aromatic heterocycles. The van der Waals surface area contributed by atoms with Gasteiger partial charge in [0.25, 0.3) is 0 Å². The van der Waals surface area contributed by atoms with Crippen molar-refractivity contribution >= 4 is 5.78 Å². The van der Waals surface area contributed by atoms with Crippen LogP contribution in [0.1, 0.15) is 27.0 Å². The van der Waals surface area contributed by atoms with Crippen LogP contribution in [0.15, 0.2) is 97.1 Å². The summed E-state index contributed by atoms with van der Waals surface area (Å²) in [5, 5.41) is 0. The van der Waals surface area contributed by atoms with Crippen LogP contribution in [0, 0.1) is 0 Å². The number of fused-ring (bicyclic) bond motifs is 6. The highest BCUT2D eigenvalue weighted by Crippen LogP contribution is 2.57. The summed E-state index contributed by atoms with van der Waals surface area (Å²) in [6.45, 7) is 0. The monoisotopic (exact) mass is 482 g/mol. The lowest BCUT2D eigenvalue weighted by molar-refractivity contribution is -0.225. The molecule has 0 bridgehead atoms. The summed E-state index contributed by atoms with van der Waals surface area (Å²) >= 11 is 0. The number of Topliss-reactive ketones (excluding diaryl/α,β-unsaturated/α-hetero) is 1. The zero-order chi connectivity index (χ0) is 25.0. The number of halogens is 6. The zero-order valence-electron chi connectivity index (χ0n) is 17.9. The Morgan fingerprint density at radius 2 is 0.714 bits per heavy atom. The SMILES string of the molecule is FC1(F)c2ccccc2-c2ccccc2C1(F)F.O=C1c2ccccc2-c2ccccc2C1(F)F. The lowest BCUT2D eigenvalue weighted by Crippen LogP contribution is -2.39. The van der Waals surface area contributed by atoms with E-state index in [1.54, 1.807) is 42.5 Å². The molecule has 2 aliphatic rings. The normalized spacial score (nSPS) is 17.6. The molecular formula is C28H16F6O. The van der Waals surface area contributed by atoms with E-state index in [1.807, 2.05) is 0 Å². The van der Waals surface area contributed by atoms with Gasteiger partial charge in [-0.15, -0.1) is 0 Å². The van der Waals surface area contributed by atoms with Gasteiger partial charge in [-0.1, -0.05) is 97.1 Å². The molecule has 0 saturated carbocycles. The fraction of sp³-hybridized carbons (Fsp3) is 0.107. The topological polar surface area (TPSA) is 17.1 Å². The average Bonchev–Trinajstić information content (AvgIpc) is 2.87. The van der Waals surface area contributed by atoms with E-state index in [4.69, 9.17) is 0 Å². The van der Waals surface area contributed by atoms with Crippen LogP contribution < -0.4 is 0 Å². The van der Waals surface area contributed by atoms with Crippen molar-refractivity contribution in [3.05, 3.63) is 119 Å². The maximum atomic E-state index is 13.9. The molecule has 35 heavy (non-hydrogen) atoms. The van der Waals surface area contributed by atoms with Crippen LogP contribution in [-0.2, 0) is 17.8 Å². The van der Waals surface area contributed by atoms with Crippen LogP contribution >= 0.6 is 0 Å². The number of carbonyl (C=O) groups is 1. The van der Waals surface area contributed by atoms with E-state index in [0.717, 1.165) is 12.1 Å². The average molecular weight is 482 g/mol. The van der Waals surface area contributed by atoms with Gasteiger partial charge in [-0.3, -0.25) is 4.79 Å². The van der Waals surface area contributed by atoms with Gasteiger partial charge in [-0.05, 0) is 22.3 Å². The van der Waals surface area contributed by atoms with Crippen LogP contribution in [0.25, 0.3) is 22.3 Å². The molecule has 0 unspecified atom stereocenters. The molecule has 2 aliphatic carbocycles. The van der Waals surface area contributed by atoms with Gasteiger partial charge >= 0.3 is 17.8 Å². The number of benzene rings is 4. The Balaban J connectivity index is 0.000000145. The van der Waals surface area contributed by atoms with Gasteiger partial charge < -0.3 is 0 Å². The molecular weight excluding hydrogens is 466 g/mol. The van der Waals surface area contributed by atoms with Crippen molar-refractivity contribution in [1.82, 2.24) is 0 Å². The van der Waals surface area contributed by atoms with Crippen LogP contribution in [0.2, 0.25) is 0 Å². The molecule has 4 aromatic rings. The second kappa shape index (κ2) is 7.83. The van der Waals surface area contributed by atoms with Crippen molar-refractivity contribution in [3.63, 3.8) is 0 Å². The van der Waals surface area contributed by atoms with Crippen molar-refractivity contribution < 1.29 is 31.1 Å². The summed E-state index contributed by atoms with van der Waals surface area (Å²) in [6.07, 6.45) is 0. The van der Waals surface area contributed by atoms with E-state index in [0.29, 0.717) is 11.1 Å². The van der Waals surface area contributed by atoms with Crippen LogP contribution in [-0.4, -0.2) is 5.78 Å². The van der Waals surface area contributed by atoms with Crippen molar-refractivity contribution in [3.8, 4) is 22.3 Å². The highest BCUT2D eigenvalue weighted by molar-refractivity contribution is 6.10. The molecule has 0 saturated heterocycles. The third kappa shape index (κ3) is 3.29. The minimum atomic E-state index is -4.18. The Bertz CT molecular complexity index is 1400. The molecule has 0 radical (unpaired) electrons. The molecule has 7 heteroatoms. The summed E-state index contributed by atoms with van der Waals surface area (Å²) in [5.74, 6) is -12.9. The first kappa shape index (κ1) is 22.9. The number of rotatable bonds is 0. The minimum absolute atomic E-state index is 0.0937. The molecule has 0 N–H and O–H groups in total. The lowest BCUT2D eigenvalue weighted by atomic mass is 9.81. The predicted octanol–water partition coefficient (Wildman–Crippen LogP) is 8.19. The van der Waals surface area contributed by atoms with E-state index >= 15 is 0 Å². The summed E-state index contributed by atoms with van der Waals surface area (Å²) in [6, 6.07) is 23.4. The van der Waals surface area contributed by atoms with Gasteiger partial charge in [-0.2, -0.15) is 26.3 Å².